The van der Waals surface area contributed by atoms with Gasteiger partial charge in [-0.1, -0.05) is 28.4 Å². The fourth-order valence-electron chi connectivity index (χ4n) is 0.855. The van der Waals surface area contributed by atoms with Gasteiger partial charge in [0.2, 0.25) is 0 Å². The molecule has 0 fully saturated rings. The first-order valence-corrected chi connectivity index (χ1v) is 4.12. The van der Waals surface area contributed by atoms with Gasteiger partial charge in [0.25, 0.3) is 5.69 Å². The van der Waals surface area contributed by atoms with Crippen molar-refractivity contribution in [1.82, 2.24) is 0 Å². The van der Waals surface area contributed by atoms with Crippen LogP contribution >= 0.6 is 23.2 Å². The summed E-state index contributed by atoms with van der Waals surface area (Å²) in [5.41, 5.74) is -0.0590. The number of hydrogen-bond acceptors (Lipinski definition) is 4. The van der Waals surface area contributed by atoms with Gasteiger partial charge in [-0.05, 0) is 6.07 Å². The highest BCUT2D eigenvalue weighted by Gasteiger charge is 2.15. The maximum atomic E-state index is 10.5. The molecule has 7 heteroatoms. The van der Waals surface area contributed by atoms with Crippen molar-refractivity contribution >= 4 is 35.1 Å². The van der Waals surface area contributed by atoms with Crippen LogP contribution in [0.1, 0.15) is 5.56 Å². The second kappa shape index (κ2) is 4.26. The van der Waals surface area contributed by atoms with E-state index in [0.29, 0.717) is 0 Å². The summed E-state index contributed by atoms with van der Waals surface area (Å²) in [6, 6.07) is 2.35. The lowest BCUT2D eigenvalue weighted by Crippen LogP contribution is -1.92. The van der Waals surface area contributed by atoms with Crippen LogP contribution in [0.15, 0.2) is 17.3 Å². The van der Waals surface area contributed by atoms with Crippen LogP contribution in [0.25, 0.3) is 0 Å². The van der Waals surface area contributed by atoms with Crippen LogP contribution in [0.2, 0.25) is 10.0 Å². The Morgan fingerprint density at radius 3 is 2.57 bits per heavy atom. The molecule has 1 aromatic carbocycles. The fraction of sp³-hybridized carbons (Fsp3) is 0. The molecule has 0 radical (unpaired) electrons. The van der Waals surface area contributed by atoms with E-state index in [4.69, 9.17) is 28.4 Å². The normalized spacial score (nSPS) is 10.7. The number of rotatable bonds is 2. The molecule has 0 aliphatic heterocycles. The molecule has 0 heterocycles. The Balaban J connectivity index is 3.34. The first kappa shape index (κ1) is 10.7. The zero-order valence-electron chi connectivity index (χ0n) is 6.65. The van der Waals surface area contributed by atoms with Crippen LogP contribution in [0.3, 0.4) is 0 Å². The maximum Gasteiger partial charge on any atom is 0.288 e. The molecule has 0 bridgehead atoms. The maximum absolute atomic E-state index is 10.5. The topological polar surface area (TPSA) is 75.7 Å². The van der Waals surface area contributed by atoms with E-state index in [1.54, 1.807) is 0 Å². The van der Waals surface area contributed by atoms with E-state index in [1.807, 2.05) is 0 Å². The van der Waals surface area contributed by atoms with E-state index in [0.717, 1.165) is 12.3 Å². The average molecular weight is 235 g/mol. The van der Waals surface area contributed by atoms with Crippen molar-refractivity contribution in [3.63, 3.8) is 0 Å². The zero-order chi connectivity index (χ0) is 10.7. The third-order valence-corrected chi connectivity index (χ3v) is 2.09. The Hall–Kier alpha value is -1.33. The van der Waals surface area contributed by atoms with Gasteiger partial charge in [0.05, 0.1) is 16.2 Å². The van der Waals surface area contributed by atoms with Crippen LogP contribution in [0.5, 0.6) is 0 Å². The highest BCUT2D eigenvalue weighted by molar-refractivity contribution is 6.37. The van der Waals surface area contributed by atoms with E-state index >= 15 is 0 Å². The van der Waals surface area contributed by atoms with Gasteiger partial charge >= 0.3 is 0 Å². The van der Waals surface area contributed by atoms with Crippen molar-refractivity contribution in [1.29, 1.82) is 0 Å². The molecule has 1 rings (SSSR count). The number of nitrogens with zero attached hydrogens (tertiary/aromatic N) is 2. The third-order valence-electron chi connectivity index (χ3n) is 1.46. The summed E-state index contributed by atoms with van der Waals surface area (Å²) in [5.74, 6) is 0. The van der Waals surface area contributed by atoms with Crippen LogP contribution < -0.4 is 0 Å². The lowest BCUT2D eigenvalue weighted by molar-refractivity contribution is -0.384. The second-order valence-electron chi connectivity index (χ2n) is 2.33. The van der Waals surface area contributed by atoms with E-state index in [-0.39, 0.29) is 21.3 Å². The Labute approximate surface area is 88.7 Å². The molecule has 74 valence electrons. The number of hydrogen-bond donors (Lipinski definition) is 1. The van der Waals surface area contributed by atoms with Crippen LogP contribution in [-0.2, 0) is 0 Å². The van der Waals surface area contributed by atoms with E-state index in [9.17, 15) is 10.1 Å². The van der Waals surface area contributed by atoms with Crippen molar-refractivity contribution in [3.8, 4) is 0 Å². The summed E-state index contributed by atoms with van der Waals surface area (Å²) in [7, 11) is 0. The molecule has 0 aliphatic carbocycles. The van der Waals surface area contributed by atoms with Gasteiger partial charge in [-0.25, -0.2) is 0 Å². The molecule has 1 aromatic rings. The quantitative estimate of drug-likeness (QED) is 0.370. The molecule has 0 unspecified atom stereocenters. The molecule has 14 heavy (non-hydrogen) atoms. The molecule has 0 atom stereocenters. The summed E-state index contributed by atoms with van der Waals surface area (Å²) in [5, 5.41) is 21.6. The zero-order valence-corrected chi connectivity index (χ0v) is 8.16. The Bertz CT molecular complexity index is 406. The smallest absolute Gasteiger partial charge is 0.288 e. The molecular formula is C7H4Cl2N2O3. The molecule has 0 spiro atoms. The lowest BCUT2D eigenvalue weighted by atomic mass is 10.2. The average Bonchev–Trinajstić information content (AvgIpc) is 2.09. The van der Waals surface area contributed by atoms with Crippen molar-refractivity contribution in [2.24, 2.45) is 5.16 Å². The molecule has 0 saturated heterocycles. The molecular weight excluding hydrogens is 231 g/mol. The number of oxime groups is 1. The van der Waals surface area contributed by atoms with Gasteiger partial charge in [0.15, 0.2) is 0 Å². The SMILES string of the molecule is O=[N+]([O-])c1cc(C=NO)c(Cl)cc1Cl. The molecule has 5 nitrogen and oxygen atoms in total. The Morgan fingerprint density at radius 1 is 1.43 bits per heavy atom. The minimum atomic E-state index is -0.645. The predicted octanol–water partition coefficient (Wildman–Crippen LogP) is 2.71. The minimum Gasteiger partial charge on any atom is -0.411 e. The highest BCUT2D eigenvalue weighted by Crippen LogP contribution is 2.29. The van der Waals surface area contributed by atoms with Crippen LogP contribution in [0.4, 0.5) is 5.69 Å². The number of halogens is 2. The Kier molecular flexibility index (Phi) is 3.27. The van der Waals surface area contributed by atoms with Crippen molar-refractivity contribution < 1.29 is 10.1 Å². The fourth-order valence-corrected chi connectivity index (χ4v) is 1.36. The molecule has 0 aromatic heterocycles. The molecule has 0 saturated carbocycles. The van der Waals surface area contributed by atoms with Crippen molar-refractivity contribution in [2.45, 2.75) is 0 Å². The summed E-state index contributed by atoms with van der Waals surface area (Å²) in [6.07, 6.45) is 0.992. The van der Waals surface area contributed by atoms with Crippen LogP contribution in [0, 0.1) is 10.1 Å². The predicted molar refractivity (Wildman–Crippen MR) is 52.5 cm³/mol. The largest absolute Gasteiger partial charge is 0.411 e. The minimum absolute atomic E-state index is 0.0601. The Morgan fingerprint density at radius 2 is 2.07 bits per heavy atom. The van der Waals surface area contributed by atoms with Gasteiger partial charge in [-0.2, -0.15) is 0 Å². The highest BCUT2D eigenvalue weighted by atomic mass is 35.5. The van der Waals surface area contributed by atoms with E-state index < -0.39 is 4.92 Å². The van der Waals surface area contributed by atoms with Crippen molar-refractivity contribution in [2.75, 3.05) is 0 Å². The molecule has 1 N–H and O–H groups in total. The second-order valence-corrected chi connectivity index (χ2v) is 3.14. The standard InChI is InChI=1S/C7H4Cl2N2O3/c8-5-2-6(9)7(11(13)14)1-4(5)3-10-12/h1-3,12H. The third kappa shape index (κ3) is 2.12. The molecule has 0 amide bonds. The van der Waals surface area contributed by atoms with Gasteiger partial charge in [0.1, 0.15) is 5.02 Å². The summed E-state index contributed by atoms with van der Waals surface area (Å²) in [4.78, 5) is 9.82. The lowest BCUT2D eigenvalue weighted by Gasteiger charge is -1.99. The summed E-state index contributed by atoms with van der Waals surface area (Å²) >= 11 is 11.2. The van der Waals surface area contributed by atoms with E-state index in [1.165, 1.54) is 6.07 Å². The monoisotopic (exact) mass is 234 g/mol. The summed E-state index contributed by atoms with van der Waals surface area (Å²) in [6.45, 7) is 0. The first-order chi connectivity index (χ1) is 6.56. The van der Waals surface area contributed by atoms with Crippen molar-refractivity contribution in [3.05, 3.63) is 37.9 Å². The van der Waals surface area contributed by atoms with Gasteiger partial charge in [-0.3, -0.25) is 10.1 Å². The van der Waals surface area contributed by atoms with Crippen LogP contribution in [-0.4, -0.2) is 16.3 Å². The number of nitro groups is 1. The van der Waals surface area contributed by atoms with Gasteiger partial charge < -0.3 is 5.21 Å². The number of benzene rings is 1. The number of nitro benzene ring substituents is 1. The first-order valence-electron chi connectivity index (χ1n) is 3.37. The van der Waals surface area contributed by atoms with Gasteiger partial charge in [-0.15, -0.1) is 0 Å². The summed E-state index contributed by atoms with van der Waals surface area (Å²) < 4.78 is 0. The van der Waals surface area contributed by atoms with E-state index in [2.05, 4.69) is 5.16 Å². The molecule has 0 aliphatic rings. The van der Waals surface area contributed by atoms with Gasteiger partial charge in [0, 0.05) is 11.6 Å².